The lowest BCUT2D eigenvalue weighted by Crippen LogP contribution is -2.26. The molecule has 3 heteroatoms. The normalized spacial score (nSPS) is 14.6. The molecule has 2 nitrogen and oxygen atoms in total. The molecule has 0 atom stereocenters. The van der Waals surface area contributed by atoms with Crippen molar-refractivity contribution in [2.24, 2.45) is 5.41 Å². The maximum atomic E-state index is 11.2. The second kappa shape index (κ2) is 3.74. The van der Waals surface area contributed by atoms with E-state index in [0.29, 0.717) is 0 Å². The first-order valence-electron chi connectivity index (χ1n) is 5.14. The van der Waals surface area contributed by atoms with Crippen molar-refractivity contribution in [3.05, 3.63) is 39.4 Å². The standard InChI is InChI=1S/C13H13BrO2/c1-13(2,12(15)16)10-5-8-3-4-11(14)7-9(8)6-10/h3-4,6-7H,5H2,1-2H3,(H,15,16). The zero-order chi connectivity index (χ0) is 11.9. The Kier molecular flexibility index (Phi) is 2.66. The van der Waals surface area contributed by atoms with Gasteiger partial charge in [0.25, 0.3) is 0 Å². The second-order valence-electron chi connectivity index (χ2n) is 4.62. The molecule has 0 bridgehead atoms. The van der Waals surface area contributed by atoms with Gasteiger partial charge in [-0.05, 0) is 49.1 Å². The average Bonchev–Trinajstić information content (AvgIpc) is 2.60. The number of halogens is 1. The number of hydrogen-bond acceptors (Lipinski definition) is 1. The summed E-state index contributed by atoms with van der Waals surface area (Å²) >= 11 is 3.42. The molecule has 0 heterocycles. The Hall–Kier alpha value is -1.09. The van der Waals surface area contributed by atoms with Crippen LogP contribution >= 0.6 is 15.9 Å². The van der Waals surface area contributed by atoms with E-state index in [0.717, 1.165) is 22.0 Å². The van der Waals surface area contributed by atoms with E-state index in [4.69, 9.17) is 0 Å². The van der Waals surface area contributed by atoms with Gasteiger partial charge >= 0.3 is 5.97 Å². The number of fused-ring (bicyclic) bond motifs is 1. The number of carbonyl (C=O) groups is 1. The average molecular weight is 281 g/mol. The van der Waals surface area contributed by atoms with E-state index in [1.165, 1.54) is 5.56 Å². The van der Waals surface area contributed by atoms with Crippen LogP contribution in [0.1, 0.15) is 25.0 Å². The molecule has 0 radical (unpaired) electrons. The molecule has 1 aliphatic rings. The first-order valence-corrected chi connectivity index (χ1v) is 5.93. The summed E-state index contributed by atoms with van der Waals surface area (Å²) in [4.78, 5) is 11.2. The van der Waals surface area contributed by atoms with Crippen molar-refractivity contribution < 1.29 is 9.90 Å². The predicted molar refractivity (Wildman–Crippen MR) is 67.2 cm³/mol. The van der Waals surface area contributed by atoms with Gasteiger partial charge in [0.2, 0.25) is 0 Å². The molecular formula is C13H13BrO2. The van der Waals surface area contributed by atoms with Crippen molar-refractivity contribution in [2.45, 2.75) is 20.3 Å². The van der Waals surface area contributed by atoms with Crippen LogP contribution in [0.4, 0.5) is 0 Å². The van der Waals surface area contributed by atoms with Crippen LogP contribution in [-0.4, -0.2) is 11.1 Å². The number of aliphatic carboxylic acids is 1. The Balaban J connectivity index is 2.39. The molecule has 84 valence electrons. The molecule has 16 heavy (non-hydrogen) atoms. The van der Waals surface area contributed by atoms with Crippen LogP contribution in [0.2, 0.25) is 0 Å². The fourth-order valence-electron chi connectivity index (χ4n) is 1.84. The van der Waals surface area contributed by atoms with E-state index < -0.39 is 11.4 Å². The highest BCUT2D eigenvalue weighted by Crippen LogP contribution is 2.37. The lowest BCUT2D eigenvalue weighted by molar-refractivity contribution is -0.144. The van der Waals surface area contributed by atoms with Gasteiger partial charge in [0.05, 0.1) is 5.41 Å². The smallest absolute Gasteiger partial charge is 0.313 e. The lowest BCUT2D eigenvalue weighted by Gasteiger charge is -2.20. The van der Waals surface area contributed by atoms with Crippen LogP contribution < -0.4 is 0 Å². The minimum Gasteiger partial charge on any atom is -0.481 e. The lowest BCUT2D eigenvalue weighted by atomic mass is 9.83. The van der Waals surface area contributed by atoms with Gasteiger partial charge in [-0.2, -0.15) is 0 Å². The molecule has 1 N–H and O–H groups in total. The van der Waals surface area contributed by atoms with Crippen molar-refractivity contribution >= 4 is 28.0 Å². The molecule has 0 spiro atoms. The Labute approximate surface area is 103 Å². The van der Waals surface area contributed by atoms with Crippen molar-refractivity contribution in [3.8, 4) is 0 Å². The highest BCUT2D eigenvalue weighted by atomic mass is 79.9. The third-order valence-corrected chi connectivity index (χ3v) is 3.65. The SMILES string of the molecule is CC(C)(C(=O)O)C1=Cc2cc(Br)ccc2C1. The second-order valence-corrected chi connectivity index (χ2v) is 5.54. The van der Waals surface area contributed by atoms with Crippen LogP contribution in [0.15, 0.2) is 28.2 Å². The van der Waals surface area contributed by atoms with Gasteiger partial charge in [-0.1, -0.05) is 28.1 Å². The Morgan fingerprint density at radius 2 is 2.12 bits per heavy atom. The number of benzene rings is 1. The highest BCUT2D eigenvalue weighted by molar-refractivity contribution is 9.10. The minimum absolute atomic E-state index is 0.738. The van der Waals surface area contributed by atoms with Gasteiger partial charge in [-0.25, -0.2) is 0 Å². The van der Waals surface area contributed by atoms with Gasteiger partial charge in [0, 0.05) is 4.47 Å². The molecule has 0 saturated heterocycles. The van der Waals surface area contributed by atoms with Crippen LogP contribution in [0.25, 0.3) is 6.08 Å². The zero-order valence-electron chi connectivity index (χ0n) is 9.25. The first kappa shape index (κ1) is 11.4. The third-order valence-electron chi connectivity index (χ3n) is 3.16. The molecule has 1 aliphatic carbocycles. The van der Waals surface area contributed by atoms with E-state index in [-0.39, 0.29) is 0 Å². The van der Waals surface area contributed by atoms with E-state index in [2.05, 4.69) is 15.9 Å². The highest BCUT2D eigenvalue weighted by Gasteiger charge is 2.34. The third kappa shape index (κ3) is 1.80. The van der Waals surface area contributed by atoms with Crippen molar-refractivity contribution in [3.63, 3.8) is 0 Å². The summed E-state index contributed by atoms with van der Waals surface area (Å²) in [5, 5.41) is 9.19. The fourth-order valence-corrected chi connectivity index (χ4v) is 2.22. The molecule has 2 rings (SSSR count). The number of carboxylic acid groups (broad SMARTS) is 1. The Bertz CT molecular complexity index is 487. The summed E-state index contributed by atoms with van der Waals surface area (Å²) in [6.07, 6.45) is 2.73. The summed E-state index contributed by atoms with van der Waals surface area (Å²) in [6, 6.07) is 6.06. The van der Waals surface area contributed by atoms with Crippen molar-refractivity contribution in [2.75, 3.05) is 0 Å². The summed E-state index contributed by atoms with van der Waals surface area (Å²) in [6.45, 7) is 3.50. The maximum Gasteiger partial charge on any atom is 0.313 e. The maximum absolute atomic E-state index is 11.2. The number of rotatable bonds is 2. The fraction of sp³-hybridized carbons (Fsp3) is 0.308. The molecule has 1 aromatic carbocycles. The van der Waals surface area contributed by atoms with Crippen molar-refractivity contribution in [1.82, 2.24) is 0 Å². The van der Waals surface area contributed by atoms with Gasteiger partial charge in [0.1, 0.15) is 0 Å². The molecule has 0 aromatic heterocycles. The summed E-state index contributed by atoms with van der Waals surface area (Å²) in [5.41, 5.74) is 2.50. The molecule has 0 aliphatic heterocycles. The molecule has 0 saturated carbocycles. The van der Waals surface area contributed by atoms with E-state index >= 15 is 0 Å². The van der Waals surface area contributed by atoms with Gasteiger partial charge in [-0.3, -0.25) is 4.79 Å². The zero-order valence-corrected chi connectivity index (χ0v) is 10.8. The summed E-state index contributed by atoms with van der Waals surface area (Å²) in [5.74, 6) is -0.773. The molecule has 0 fully saturated rings. The topological polar surface area (TPSA) is 37.3 Å². The molecule has 0 amide bonds. The van der Waals surface area contributed by atoms with E-state index in [1.54, 1.807) is 13.8 Å². The number of carboxylic acids is 1. The largest absolute Gasteiger partial charge is 0.481 e. The number of hydrogen-bond donors (Lipinski definition) is 1. The molecule has 1 aromatic rings. The van der Waals surface area contributed by atoms with Crippen LogP contribution in [0.3, 0.4) is 0 Å². The summed E-state index contributed by atoms with van der Waals surface area (Å²) < 4.78 is 1.02. The van der Waals surface area contributed by atoms with Crippen LogP contribution in [0, 0.1) is 5.41 Å². The molecule has 0 unspecified atom stereocenters. The van der Waals surface area contributed by atoms with Gasteiger partial charge in [-0.15, -0.1) is 0 Å². The first-order chi connectivity index (χ1) is 7.41. The molecular weight excluding hydrogens is 268 g/mol. The van der Waals surface area contributed by atoms with Gasteiger partial charge < -0.3 is 5.11 Å². The minimum atomic E-state index is -0.786. The Morgan fingerprint density at radius 3 is 2.75 bits per heavy atom. The van der Waals surface area contributed by atoms with E-state index in [9.17, 15) is 9.90 Å². The van der Waals surface area contributed by atoms with Crippen molar-refractivity contribution in [1.29, 1.82) is 0 Å². The van der Waals surface area contributed by atoms with Crippen LogP contribution in [-0.2, 0) is 11.2 Å². The Morgan fingerprint density at radius 1 is 1.44 bits per heavy atom. The van der Waals surface area contributed by atoms with Gasteiger partial charge in [0.15, 0.2) is 0 Å². The van der Waals surface area contributed by atoms with Crippen LogP contribution in [0.5, 0.6) is 0 Å². The monoisotopic (exact) mass is 280 g/mol. The van der Waals surface area contributed by atoms with E-state index in [1.807, 2.05) is 24.3 Å². The summed E-state index contributed by atoms with van der Waals surface area (Å²) in [7, 11) is 0. The quantitative estimate of drug-likeness (QED) is 0.900. The predicted octanol–water partition coefficient (Wildman–Crippen LogP) is 3.50.